The number of amides is 1. The van der Waals surface area contributed by atoms with Crippen LogP contribution in [0, 0.1) is 0 Å². The topological polar surface area (TPSA) is 65.5 Å². The molecule has 1 aliphatic heterocycles. The smallest absolute Gasteiger partial charge is 0.217 e. The summed E-state index contributed by atoms with van der Waals surface area (Å²) >= 11 is 0. The standard InChI is InChI=1S/C14H21N3O2/c1-10(18)12-3-4-14(15-9-12)17-7-5-13(6-8-17)16-11(2)19/h3-4,9-10,13,18H,5-8H2,1-2H3,(H,16,19)/t10-/m1/s1. The highest BCUT2D eigenvalue weighted by atomic mass is 16.3. The fraction of sp³-hybridized carbons (Fsp3) is 0.571. The first kappa shape index (κ1) is 13.8. The maximum absolute atomic E-state index is 11.0. The van der Waals surface area contributed by atoms with Crippen molar-refractivity contribution in [2.24, 2.45) is 0 Å². The molecular formula is C14H21N3O2. The van der Waals surface area contributed by atoms with Crippen molar-refractivity contribution < 1.29 is 9.90 Å². The van der Waals surface area contributed by atoms with Crippen molar-refractivity contribution in [2.75, 3.05) is 18.0 Å². The van der Waals surface area contributed by atoms with Crippen molar-refractivity contribution in [1.82, 2.24) is 10.3 Å². The second kappa shape index (κ2) is 6.02. The normalized spacial score (nSPS) is 18.2. The Morgan fingerprint density at radius 2 is 2.16 bits per heavy atom. The molecule has 1 aliphatic rings. The number of aliphatic hydroxyl groups excluding tert-OH is 1. The summed E-state index contributed by atoms with van der Waals surface area (Å²) in [5, 5.41) is 12.4. The molecule has 5 nitrogen and oxygen atoms in total. The third-order valence-electron chi connectivity index (χ3n) is 3.48. The number of aliphatic hydroxyl groups is 1. The minimum Gasteiger partial charge on any atom is -0.389 e. The van der Waals surface area contributed by atoms with Gasteiger partial charge in [0.1, 0.15) is 5.82 Å². The molecule has 2 rings (SSSR count). The summed E-state index contributed by atoms with van der Waals surface area (Å²) in [6, 6.07) is 4.14. The molecule has 0 aliphatic carbocycles. The van der Waals surface area contributed by atoms with E-state index in [1.54, 1.807) is 20.0 Å². The van der Waals surface area contributed by atoms with Crippen LogP contribution in [0.5, 0.6) is 0 Å². The fourth-order valence-corrected chi connectivity index (χ4v) is 2.37. The summed E-state index contributed by atoms with van der Waals surface area (Å²) in [6.07, 6.45) is 3.13. The molecule has 2 heterocycles. The molecule has 5 heteroatoms. The zero-order valence-electron chi connectivity index (χ0n) is 11.5. The number of carbonyl (C=O) groups excluding carboxylic acids is 1. The summed E-state index contributed by atoms with van der Waals surface area (Å²) in [6.45, 7) is 5.08. The number of nitrogens with zero attached hydrogens (tertiary/aromatic N) is 2. The fourth-order valence-electron chi connectivity index (χ4n) is 2.37. The van der Waals surface area contributed by atoms with Crippen LogP contribution in [0.2, 0.25) is 0 Å². The lowest BCUT2D eigenvalue weighted by atomic mass is 10.0. The second-order valence-corrected chi connectivity index (χ2v) is 5.09. The Hall–Kier alpha value is -1.62. The van der Waals surface area contributed by atoms with Crippen molar-refractivity contribution in [3.63, 3.8) is 0 Å². The zero-order chi connectivity index (χ0) is 13.8. The van der Waals surface area contributed by atoms with Gasteiger partial charge in [-0.2, -0.15) is 0 Å². The largest absolute Gasteiger partial charge is 0.389 e. The first-order chi connectivity index (χ1) is 9.06. The molecule has 1 amide bonds. The van der Waals surface area contributed by atoms with E-state index in [9.17, 15) is 9.90 Å². The van der Waals surface area contributed by atoms with Gasteiger partial charge in [-0.3, -0.25) is 4.79 Å². The minimum absolute atomic E-state index is 0.0397. The number of hydrogen-bond acceptors (Lipinski definition) is 4. The number of aromatic nitrogens is 1. The Bertz CT molecular complexity index is 423. The van der Waals surface area contributed by atoms with Crippen LogP contribution in [0.4, 0.5) is 5.82 Å². The molecule has 1 saturated heterocycles. The van der Waals surface area contributed by atoms with Gasteiger partial charge in [0.2, 0.25) is 5.91 Å². The third kappa shape index (κ3) is 3.67. The van der Waals surface area contributed by atoms with Crippen molar-refractivity contribution in [1.29, 1.82) is 0 Å². The van der Waals surface area contributed by atoms with E-state index in [1.165, 1.54) is 0 Å². The predicted octanol–water partition coefficient (Wildman–Crippen LogP) is 1.24. The van der Waals surface area contributed by atoms with E-state index in [0.29, 0.717) is 0 Å². The Morgan fingerprint density at radius 3 is 2.63 bits per heavy atom. The molecule has 104 valence electrons. The van der Waals surface area contributed by atoms with E-state index >= 15 is 0 Å². The van der Waals surface area contributed by atoms with E-state index < -0.39 is 6.10 Å². The van der Waals surface area contributed by atoms with Crippen LogP contribution in [0.25, 0.3) is 0 Å². The lowest BCUT2D eigenvalue weighted by Crippen LogP contribution is -2.44. The van der Waals surface area contributed by atoms with Gasteiger partial charge in [0.05, 0.1) is 6.10 Å². The molecule has 0 saturated carbocycles. The number of piperidine rings is 1. The number of pyridine rings is 1. The third-order valence-corrected chi connectivity index (χ3v) is 3.48. The Morgan fingerprint density at radius 1 is 1.47 bits per heavy atom. The molecule has 1 aromatic heterocycles. The van der Waals surface area contributed by atoms with Crippen LogP contribution < -0.4 is 10.2 Å². The van der Waals surface area contributed by atoms with Crippen LogP contribution in [-0.2, 0) is 4.79 Å². The van der Waals surface area contributed by atoms with E-state index in [0.717, 1.165) is 37.3 Å². The minimum atomic E-state index is -0.480. The van der Waals surface area contributed by atoms with Crippen LogP contribution >= 0.6 is 0 Å². The Balaban J connectivity index is 1.92. The first-order valence-electron chi connectivity index (χ1n) is 6.72. The summed E-state index contributed by atoms with van der Waals surface area (Å²) in [4.78, 5) is 17.6. The van der Waals surface area contributed by atoms with Crippen molar-refractivity contribution in [3.05, 3.63) is 23.9 Å². The highest BCUT2D eigenvalue weighted by Crippen LogP contribution is 2.19. The predicted molar refractivity (Wildman–Crippen MR) is 73.9 cm³/mol. The number of anilines is 1. The lowest BCUT2D eigenvalue weighted by Gasteiger charge is -2.33. The van der Waals surface area contributed by atoms with Gasteiger partial charge >= 0.3 is 0 Å². The number of rotatable bonds is 3. The van der Waals surface area contributed by atoms with Gasteiger partial charge in [-0.05, 0) is 31.4 Å². The molecular weight excluding hydrogens is 242 g/mol. The first-order valence-corrected chi connectivity index (χ1v) is 6.72. The molecule has 0 bridgehead atoms. The van der Waals surface area contributed by atoms with Crippen LogP contribution in [0.15, 0.2) is 18.3 Å². The molecule has 1 atom stereocenters. The Kier molecular flexibility index (Phi) is 4.37. The summed E-state index contributed by atoms with van der Waals surface area (Å²) in [7, 11) is 0. The van der Waals surface area contributed by atoms with Crippen LogP contribution in [0.1, 0.15) is 38.4 Å². The monoisotopic (exact) mass is 263 g/mol. The van der Waals surface area contributed by atoms with Crippen LogP contribution in [0.3, 0.4) is 0 Å². The lowest BCUT2D eigenvalue weighted by molar-refractivity contribution is -0.119. The molecule has 0 aromatic carbocycles. The van der Waals surface area contributed by atoms with Crippen molar-refractivity contribution >= 4 is 11.7 Å². The van der Waals surface area contributed by atoms with Crippen molar-refractivity contribution in [3.8, 4) is 0 Å². The number of nitrogens with one attached hydrogen (secondary N) is 1. The van der Waals surface area contributed by atoms with Crippen molar-refractivity contribution in [2.45, 2.75) is 38.8 Å². The maximum atomic E-state index is 11.0. The van der Waals surface area contributed by atoms with Gasteiger partial charge in [0, 0.05) is 32.3 Å². The maximum Gasteiger partial charge on any atom is 0.217 e. The highest BCUT2D eigenvalue weighted by Gasteiger charge is 2.20. The summed E-state index contributed by atoms with van der Waals surface area (Å²) in [5.74, 6) is 0.975. The van der Waals surface area contributed by atoms with E-state index in [2.05, 4.69) is 15.2 Å². The molecule has 0 radical (unpaired) electrons. The molecule has 2 N–H and O–H groups in total. The number of hydrogen-bond donors (Lipinski definition) is 2. The summed E-state index contributed by atoms with van der Waals surface area (Å²) in [5.41, 5.74) is 0.830. The highest BCUT2D eigenvalue weighted by molar-refractivity contribution is 5.73. The molecule has 1 fully saturated rings. The average Bonchev–Trinajstić information content (AvgIpc) is 2.39. The molecule has 1 aromatic rings. The second-order valence-electron chi connectivity index (χ2n) is 5.09. The van der Waals surface area contributed by atoms with Gasteiger partial charge in [-0.1, -0.05) is 6.07 Å². The van der Waals surface area contributed by atoms with E-state index in [4.69, 9.17) is 0 Å². The summed E-state index contributed by atoms with van der Waals surface area (Å²) < 4.78 is 0. The van der Waals surface area contributed by atoms with Crippen LogP contribution in [-0.4, -0.2) is 35.1 Å². The van der Waals surface area contributed by atoms with E-state index in [1.807, 2.05) is 12.1 Å². The SMILES string of the molecule is CC(=O)NC1CCN(c2ccc([C@@H](C)O)cn2)CC1. The number of carbonyl (C=O) groups is 1. The van der Waals surface area contributed by atoms with Gasteiger partial charge in [-0.15, -0.1) is 0 Å². The van der Waals surface area contributed by atoms with Gasteiger partial charge in [0.15, 0.2) is 0 Å². The van der Waals surface area contributed by atoms with E-state index in [-0.39, 0.29) is 11.9 Å². The van der Waals surface area contributed by atoms with Gasteiger partial charge < -0.3 is 15.3 Å². The van der Waals surface area contributed by atoms with Gasteiger partial charge in [0.25, 0.3) is 0 Å². The Labute approximate surface area is 113 Å². The van der Waals surface area contributed by atoms with Gasteiger partial charge in [-0.25, -0.2) is 4.98 Å². The average molecular weight is 263 g/mol. The molecule has 0 spiro atoms. The molecule has 19 heavy (non-hydrogen) atoms. The zero-order valence-corrected chi connectivity index (χ0v) is 11.5. The quantitative estimate of drug-likeness (QED) is 0.861. The molecule has 0 unspecified atom stereocenters.